The van der Waals surface area contributed by atoms with Gasteiger partial charge in [0.15, 0.2) is 0 Å². The molecule has 2 nitrogen and oxygen atoms in total. The van der Waals surface area contributed by atoms with Crippen molar-refractivity contribution >= 4 is 23.2 Å². The van der Waals surface area contributed by atoms with Crippen LogP contribution in [-0.4, -0.2) is 6.61 Å². The van der Waals surface area contributed by atoms with Crippen molar-refractivity contribution in [1.82, 2.24) is 0 Å². The third kappa shape index (κ3) is 3.39. The van der Waals surface area contributed by atoms with Gasteiger partial charge >= 0.3 is 0 Å². The molecule has 0 radical (unpaired) electrons. The minimum absolute atomic E-state index is 0.166. The van der Waals surface area contributed by atoms with Gasteiger partial charge in [-0.15, -0.1) is 0 Å². The standard InChI is InChI=1S/C14H13Cl2NO/c15-12-7-6-11(8-13(12)16)18-9-14(17)10-4-2-1-3-5-10/h1-8,14H,9,17H2. The Morgan fingerprint density at radius 2 is 1.72 bits per heavy atom. The summed E-state index contributed by atoms with van der Waals surface area (Å²) in [6, 6.07) is 14.8. The van der Waals surface area contributed by atoms with Crippen LogP contribution >= 0.6 is 23.2 Å². The van der Waals surface area contributed by atoms with Crippen LogP contribution < -0.4 is 10.5 Å². The van der Waals surface area contributed by atoms with Gasteiger partial charge in [0.1, 0.15) is 12.4 Å². The first kappa shape index (κ1) is 13.2. The van der Waals surface area contributed by atoms with Crippen molar-refractivity contribution in [3.63, 3.8) is 0 Å². The van der Waals surface area contributed by atoms with E-state index in [0.29, 0.717) is 22.4 Å². The van der Waals surface area contributed by atoms with Gasteiger partial charge in [0.05, 0.1) is 16.1 Å². The molecule has 0 saturated carbocycles. The summed E-state index contributed by atoms with van der Waals surface area (Å²) in [7, 11) is 0. The molecule has 1 atom stereocenters. The quantitative estimate of drug-likeness (QED) is 0.917. The molecule has 0 aliphatic heterocycles. The molecule has 0 fully saturated rings. The van der Waals surface area contributed by atoms with Crippen LogP contribution in [0.2, 0.25) is 10.0 Å². The molecule has 0 saturated heterocycles. The van der Waals surface area contributed by atoms with E-state index in [-0.39, 0.29) is 6.04 Å². The zero-order chi connectivity index (χ0) is 13.0. The number of hydrogen-bond acceptors (Lipinski definition) is 2. The Kier molecular flexibility index (Phi) is 4.48. The highest BCUT2D eigenvalue weighted by molar-refractivity contribution is 6.42. The van der Waals surface area contributed by atoms with Gasteiger partial charge in [-0.2, -0.15) is 0 Å². The van der Waals surface area contributed by atoms with E-state index in [1.165, 1.54) is 0 Å². The molecule has 18 heavy (non-hydrogen) atoms. The van der Waals surface area contributed by atoms with Gasteiger partial charge in [-0.05, 0) is 17.7 Å². The van der Waals surface area contributed by atoms with E-state index in [2.05, 4.69) is 0 Å². The van der Waals surface area contributed by atoms with Crippen molar-refractivity contribution in [2.24, 2.45) is 5.73 Å². The van der Waals surface area contributed by atoms with E-state index in [0.717, 1.165) is 5.56 Å². The SMILES string of the molecule is NC(COc1ccc(Cl)c(Cl)c1)c1ccccc1. The predicted molar refractivity (Wildman–Crippen MR) is 75.3 cm³/mol. The Morgan fingerprint density at radius 3 is 2.39 bits per heavy atom. The number of halogens is 2. The maximum atomic E-state index is 6.03. The van der Waals surface area contributed by atoms with E-state index in [1.807, 2.05) is 30.3 Å². The summed E-state index contributed by atoms with van der Waals surface area (Å²) < 4.78 is 5.59. The van der Waals surface area contributed by atoms with Gasteiger partial charge in [-0.1, -0.05) is 53.5 Å². The Bertz CT molecular complexity index is 516. The number of benzene rings is 2. The van der Waals surface area contributed by atoms with Gasteiger partial charge in [0.25, 0.3) is 0 Å². The van der Waals surface area contributed by atoms with Gasteiger partial charge in [-0.3, -0.25) is 0 Å². The van der Waals surface area contributed by atoms with E-state index in [9.17, 15) is 0 Å². The fourth-order valence-corrected chi connectivity index (χ4v) is 1.84. The van der Waals surface area contributed by atoms with E-state index >= 15 is 0 Å². The summed E-state index contributed by atoms with van der Waals surface area (Å²) in [5, 5.41) is 0.985. The molecular formula is C14H13Cl2NO. The molecule has 0 spiro atoms. The van der Waals surface area contributed by atoms with Gasteiger partial charge in [-0.25, -0.2) is 0 Å². The van der Waals surface area contributed by atoms with Crippen molar-refractivity contribution < 1.29 is 4.74 Å². The Labute approximate surface area is 116 Å². The van der Waals surface area contributed by atoms with E-state index in [1.54, 1.807) is 18.2 Å². The van der Waals surface area contributed by atoms with E-state index in [4.69, 9.17) is 33.7 Å². The molecule has 1 unspecified atom stereocenters. The first-order valence-electron chi connectivity index (χ1n) is 5.55. The second kappa shape index (κ2) is 6.10. The van der Waals surface area contributed by atoms with Crippen LogP contribution in [0.4, 0.5) is 0 Å². The zero-order valence-corrected chi connectivity index (χ0v) is 11.2. The molecule has 2 aromatic carbocycles. The lowest BCUT2D eigenvalue weighted by Crippen LogP contribution is -2.18. The van der Waals surface area contributed by atoms with Crippen LogP contribution in [0, 0.1) is 0 Å². The smallest absolute Gasteiger partial charge is 0.120 e. The summed E-state index contributed by atoms with van der Waals surface area (Å²) in [6.45, 7) is 0.391. The molecule has 4 heteroatoms. The lowest BCUT2D eigenvalue weighted by Gasteiger charge is -2.13. The Hall–Kier alpha value is -1.22. The monoisotopic (exact) mass is 281 g/mol. The summed E-state index contributed by atoms with van der Waals surface area (Å²) in [5.41, 5.74) is 7.07. The molecular weight excluding hydrogens is 269 g/mol. The highest BCUT2D eigenvalue weighted by Gasteiger charge is 2.07. The second-order valence-electron chi connectivity index (χ2n) is 3.90. The average Bonchev–Trinajstić information content (AvgIpc) is 2.41. The van der Waals surface area contributed by atoms with Crippen molar-refractivity contribution in [3.8, 4) is 5.75 Å². The molecule has 0 bridgehead atoms. The van der Waals surface area contributed by atoms with Crippen molar-refractivity contribution in [2.75, 3.05) is 6.61 Å². The first-order chi connectivity index (χ1) is 8.66. The summed E-state index contributed by atoms with van der Waals surface area (Å²) in [5.74, 6) is 0.663. The first-order valence-corrected chi connectivity index (χ1v) is 6.31. The van der Waals surface area contributed by atoms with E-state index < -0.39 is 0 Å². The van der Waals surface area contributed by atoms with Crippen molar-refractivity contribution in [1.29, 1.82) is 0 Å². The number of ether oxygens (including phenoxy) is 1. The fourth-order valence-electron chi connectivity index (χ4n) is 1.55. The van der Waals surface area contributed by atoms with Crippen molar-refractivity contribution in [3.05, 3.63) is 64.1 Å². The Balaban J connectivity index is 1.97. The largest absolute Gasteiger partial charge is 0.492 e. The summed E-state index contributed by atoms with van der Waals surface area (Å²) in [4.78, 5) is 0. The minimum Gasteiger partial charge on any atom is -0.492 e. The number of hydrogen-bond donors (Lipinski definition) is 1. The zero-order valence-electron chi connectivity index (χ0n) is 9.64. The van der Waals surface area contributed by atoms with Crippen LogP contribution in [0.3, 0.4) is 0 Å². The Morgan fingerprint density at radius 1 is 1.00 bits per heavy atom. The van der Waals surface area contributed by atoms with Gasteiger partial charge in [0.2, 0.25) is 0 Å². The topological polar surface area (TPSA) is 35.2 Å². The predicted octanol–water partition coefficient (Wildman–Crippen LogP) is 4.07. The maximum absolute atomic E-state index is 6.03. The molecule has 2 rings (SSSR count). The maximum Gasteiger partial charge on any atom is 0.120 e. The second-order valence-corrected chi connectivity index (χ2v) is 4.72. The van der Waals surface area contributed by atoms with Crippen LogP contribution in [0.1, 0.15) is 11.6 Å². The average molecular weight is 282 g/mol. The van der Waals surface area contributed by atoms with Crippen LogP contribution in [0.25, 0.3) is 0 Å². The molecule has 0 aromatic heterocycles. The lowest BCUT2D eigenvalue weighted by molar-refractivity contribution is 0.290. The molecule has 0 amide bonds. The van der Waals surface area contributed by atoms with Crippen LogP contribution in [-0.2, 0) is 0 Å². The lowest BCUT2D eigenvalue weighted by atomic mass is 10.1. The normalized spacial score (nSPS) is 12.2. The highest BCUT2D eigenvalue weighted by Crippen LogP contribution is 2.26. The van der Waals surface area contributed by atoms with Crippen molar-refractivity contribution in [2.45, 2.75) is 6.04 Å². The molecule has 0 aliphatic carbocycles. The summed E-state index contributed by atoms with van der Waals surface area (Å²) >= 11 is 11.7. The minimum atomic E-state index is -0.166. The molecule has 2 aromatic rings. The summed E-state index contributed by atoms with van der Waals surface area (Å²) in [6.07, 6.45) is 0. The van der Waals surface area contributed by atoms with Gasteiger partial charge < -0.3 is 10.5 Å². The third-order valence-electron chi connectivity index (χ3n) is 2.55. The van der Waals surface area contributed by atoms with Gasteiger partial charge in [0, 0.05) is 6.07 Å². The molecule has 0 heterocycles. The third-order valence-corrected chi connectivity index (χ3v) is 3.29. The van der Waals surface area contributed by atoms with Crippen LogP contribution in [0.15, 0.2) is 48.5 Å². The highest BCUT2D eigenvalue weighted by atomic mass is 35.5. The molecule has 0 aliphatic rings. The number of rotatable bonds is 4. The van der Waals surface area contributed by atoms with Crippen LogP contribution in [0.5, 0.6) is 5.75 Å². The molecule has 94 valence electrons. The fraction of sp³-hybridized carbons (Fsp3) is 0.143. The molecule has 2 N–H and O–H groups in total. The number of nitrogens with two attached hydrogens (primary N) is 1.